The van der Waals surface area contributed by atoms with Gasteiger partial charge in [-0.1, -0.05) is 90.7 Å². The second-order valence-electron chi connectivity index (χ2n) is 6.14. The highest BCUT2D eigenvalue weighted by molar-refractivity contribution is 8.12. The van der Waals surface area contributed by atoms with E-state index in [-0.39, 0.29) is 0 Å². The van der Waals surface area contributed by atoms with E-state index < -0.39 is 6.26 Å². The lowest BCUT2D eigenvalue weighted by Crippen LogP contribution is -2.07. The maximum atomic E-state index is 6.37. The molecule has 0 bridgehead atoms. The van der Waals surface area contributed by atoms with Gasteiger partial charge in [0.15, 0.2) is 0 Å². The van der Waals surface area contributed by atoms with Gasteiger partial charge in [-0.15, -0.1) is 0 Å². The molecule has 3 heteroatoms. The number of hydrogen-bond donors (Lipinski definition) is 0. The molecule has 3 aromatic rings. The first-order valence-corrected chi connectivity index (χ1v) is 11.7. The minimum Gasteiger partial charge on any atom is -0.467 e. The Morgan fingerprint density at radius 2 is 1.00 bits per heavy atom. The Morgan fingerprint density at radius 3 is 1.44 bits per heavy atom. The number of para-hydroxylation sites is 1. The fourth-order valence-corrected chi connectivity index (χ4v) is 5.68. The van der Waals surface area contributed by atoms with Crippen molar-refractivity contribution in [3.8, 4) is 5.75 Å². The van der Waals surface area contributed by atoms with E-state index in [1.807, 2.05) is 30.3 Å². The lowest BCUT2D eigenvalue weighted by Gasteiger charge is -2.24. The van der Waals surface area contributed by atoms with E-state index in [0.717, 1.165) is 30.9 Å². The Labute approximate surface area is 155 Å². The first-order chi connectivity index (χ1) is 12.2. The van der Waals surface area contributed by atoms with Crippen LogP contribution >= 0.6 is 6.26 Å². The SMILES string of the molecule is S=P(CCc1ccccc1)(CCc1ccccc1)Oc1ccccc1. The van der Waals surface area contributed by atoms with E-state index in [0.29, 0.717) is 0 Å². The molecule has 0 saturated heterocycles. The van der Waals surface area contributed by atoms with Crippen LogP contribution in [0.4, 0.5) is 0 Å². The van der Waals surface area contributed by atoms with E-state index in [1.165, 1.54) is 11.1 Å². The summed E-state index contributed by atoms with van der Waals surface area (Å²) in [6.07, 6.45) is 1.85. The van der Waals surface area contributed by atoms with Gasteiger partial charge in [-0.25, -0.2) is 0 Å². The van der Waals surface area contributed by atoms with Crippen molar-refractivity contribution in [3.63, 3.8) is 0 Å². The molecule has 0 aliphatic heterocycles. The van der Waals surface area contributed by atoms with E-state index in [2.05, 4.69) is 60.7 Å². The highest BCUT2D eigenvalue weighted by atomic mass is 32.4. The van der Waals surface area contributed by atoms with Crippen LogP contribution in [0.5, 0.6) is 5.75 Å². The van der Waals surface area contributed by atoms with Gasteiger partial charge in [0.1, 0.15) is 12.0 Å². The van der Waals surface area contributed by atoms with Gasteiger partial charge in [0.25, 0.3) is 0 Å². The Hall–Kier alpha value is -1.89. The lowest BCUT2D eigenvalue weighted by molar-refractivity contribution is 0.607. The van der Waals surface area contributed by atoms with Crippen LogP contribution in [0.1, 0.15) is 11.1 Å². The van der Waals surface area contributed by atoms with Crippen molar-refractivity contribution in [1.29, 1.82) is 0 Å². The van der Waals surface area contributed by atoms with Crippen molar-refractivity contribution >= 4 is 18.1 Å². The third-order valence-corrected chi connectivity index (χ3v) is 7.86. The Balaban J connectivity index is 1.71. The zero-order valence-corrected chi connectivity index (χ0v) is 16.0. The van der Waals surface area contributed by atoms with Crippen molar-refractivity contribution in [2.75, 3.05) is 12.3 Å². The molecule has 0 aromatic heterocycles. The number of benzene rings is 3. The van der Waals surface area contributed by atoms with Crippen LogP contribution in [0.2, 0.25) is 0 Å². The van der Waals surface area contributed by atoms with E-state index >= 15 is 0 Å². The van der Waals surface area contributed by atoms with Crippen LogP contribution in [0.25, 0.3) is 0 Å². The van der Waals surface area contributed by atoms with Crippen molar-refractivity contribution < 1.29 is 4.52 Å². The maximum Gasteiger partial charge on any atom is 0.124 e. The van der Waals surface area contributed by atoms with Gasteiger partial charge in [-0.3, -0.25) is 0 Å². The molecule has 0 atom stereocenters. The number of rotatable bonds is 8. The van der Waals surface area contributed by atoms with Gasteiger partial charge in [-0.05, 0) is 36.1 Å². The predicted molar refractivity (Wildman–Crippen MR) is 111 cm³/mol. The molecule has 0 saturated carbocycles. The van der Waals surface area contributed by atoms with Gasteiger partial charge in [0, 0.05) is 12.3 Å². The molecule has 0 unspecified atom stereocenters. The quantitative estimate of drug-likeness (QED) is 0.456. The van der Waals surface area contributed by atoms with Crippen LogP contribution in [0.15, 0.2) is 91.0 Å². The molecule has 0 fully saturated rings. The van der Waals surface area contributed by atoms with Gasteiger partial charge in [0.2, 0.25) is 0 Å². The van der Waals surface area contributed by atoms with E-state index in [1.54, 1.807) is 0 Å². The summed E-state index contributed by atoms with van der Waals surface area (Å²) in [5.41, 5.74) is 2.65. The second kappa shape index (κ2) is 8.99. The van der Waals surface area contributed by atoms with Gasteiger partial charge in [0.05, 0.1) is 0 Å². The summed E-state index contributed by atoms with van der Waals surface area (Å²) in [6.45, 7) is 0. The summed E-state index contributed by atoms with van der Waals surface area (Å²) < 4.78 is 6.37. The summed E-state index contributed by atoms with van der Waals surface area (Å²) in [7, 11) is 0. The topological polar surface area (TPSA) is 9.23 Å². The highest BCUT2D eigenvalue weighted by Gasteiger charge is 2.19. The first kappa shape index (κ1) is 17.9. The predicted octanol–water partition coefficient (Wildman–Crippen LogP) is 5.95. The van der Waals surface area contributed by atoms with Crippen LogP contribution in [0, 0.1) is 0 Å². The van der Waals surface area contributed by atoms with E-state index in [9.17, 15) is 0 Å². The minimum atomic E-state index is -1.94. The summed E-state index contributed by atoms with van der Waals surface area (Å²) in [4.78, 5) is 0. The molecule has 0 aliphatic rings. The molecule has 0 heterocycles. The normalized spacial score (nSPS) is 11.2. The monoisotopic (exact) mass is 366 g/mol. The van der Waals surface area contributed by atoms with Crippen molar-refractivity contribution in [2.24, 2.45) is 0 Å². The smallest absolute Gasteiger partial charge is 0.124 e. The molecule has 0 radical (unpaired) electrons. The summed E-state index contributed by atoms with van der Waals surface area (Å²) >= 11 is 6.07. The largest absolute Gasteiger partial charge is 0.467 e. The highest BCUT2D eigenvalue weighted by Crippen LogP contribution is 2.48. The lowest BCUT2D eigenvalue weighted by atomic mass is 10.2. The molecule has 128 valence electrons. The Kier molecular flexibility index (Phi) is 6.44. The molecule has 25 heavy (non-hydrogen) atoms. The Morgan fingerprint density at radius 1 is 0.600 bits per heavy atom. The fraction of sp³-hybridized carbons (Fsp3) is 0.182. The second-order valence-corrected chi connectivity index (χ2v) is 10.8. The van der Waals surface area contributed by atoms with Crippen LogP contribution in [-0.4, -0.2) is 12.3 Å². The molecule has 3 aromatic carbocycles. The maximum absolute atomic E-state index is 6.37. The molecule has 0 N–H and O–H groups in total. The molecular weight excluding hydrogens is 343 g/mol. The van der Waals surface area contributed by atoms with Gasteiger partial charge >= 0.3 is 0 Å². The van der Waals surface area contributed by atoms with Gasteiger partial charge < -0.3 is 4.52 Å². The van der Waals surface area contributed by atoms with Crippen LogP contribution in [-0.2, 0) is 24.6 Å². The van der Waals surface area contributed by atoms with Gasteiger partial charge in [-0.2, -0.15) is 0 Å². The molecule has 3 rings (SSSR count). The molecular formula is C22H23OPS. The average Bonchev–Trinajstić information content (AvgIpc) is 2.68. The third kappa shape index (κ3) is 5.85. The van der Waals surface area contributed by atoms with Crippen LogP contribution in [0.3, 0.4) is 0 Å². The van der Waals surface area contributed by atoms with Crippen molar-refractivity contribution in [3.05, 3.63) is 102 Å². The molecule has 0 spiro atoms. The number of aryl methyl sites for hydroxylation is 2. The fourth-order valence-electron chi connectivity index (χ4n) is 2.76. The third-order valence-electron chi connectivity index (χ3n) is 4.18. The summed E-state index contributed by atoms with van der Waals surface area (Å²) in [5, 5.41) is 0. The van der Waals surface area contributed by atoms with Crippen molar-refractivity contribution in [2.45, 2.75) is 12.8 Å². The molecule has 0 aliphatic carbocycles. The standard InChI is InChI=1S/C22H23OPS/c25-24(23-22-14-8-3-9-15-22,18-16-20-10-4-1-5-11-20)19-17-21-12-6-2-7-13-21/h1-15H,16-19H2. The summed E-state index contributed by atoms with van der Waals surface area (Å²) in [6, 6.07) is 31.1. The zero-order chi connectivity index (χ0) is 17.4. The average molecular weight is 366 g/mol. The van der Waals surface area contributed by atoms with Crippen LogP contribution < -0.4 is 4.52 Å². The minimum absolute atomic E-state index is 0.895. The first-order valence-electron chi connectivity index (χ1n) is 8.64. The molecule has 1 nitrogen and oxygen atoms in total. The van der Waals surface area contributed by atoms with E-state index in [4.69, 9.17) is 16.3 Å². The zero-order valence-electron chi connectivity index (χ0n) is 14.3. The summed E-state index contributed by atoms with van der Waals surface area (Å²) in [5.74, 6) is 0.895. The molecule has 0 amide bonds. The van der Waals surface area contributed by atoms with Crippen molar-refractivity contribution in [1.82, 2.24) is 0 Å². The Bertz CT molecular complexity index is 756. The number of hydrogen-bond acceptors (Lipinski definition) is 2.